The number of esters is 4. The zero-order valence-corrected chi connectivity index (χ0v) is 17.8. The molecule has 31 heavy (non-hydrogen) atoms. The van der Waals surface area contributed by atoms with Crippen molar-refractivity contribution in [2.45, 2.75) is 89.9 Å². The van der Waals surface area contributed by atoms with E-state index in [1.807, 2.05) is 0 Å². The van der Waals surface area contributed by atoms with Crippen LogP contribution in [0.25, 0.3) is 0 Å². The number of halogens is 1. The lowest BCUT2D eigenvalue weighted by Crippen LogP contribution is -2.69. The van der Waals surface area contributed by atoms with Crippen molar-refractivity contribution in [3.05, 3.63) is 0 Å². The smallest absolute Gasteiger partial charge is 0.305 e. The molecule has 1 fully saturated rings. The van der Waals surface area contributed by atoms with Crippen LogP contribution in [0.1, 0.15) is 65.2 Å². The normalized spacial score (nSPS) is 29.5. The van der Waals surface area contributed by atoms with Gasteiger partial charge < -0.3 is 28.8 Å². The second-order valence-corrected chi connectivity index (χ2v) is 7.18. The van der Waals surface area contributed by atoms with Gasteiger partial charge in [0, 0.05) is 45.4 Å². The molecule has 0 bridgehead atoms. The van der Waals surface area contributed by atoms with Gasteiger partial charge in [0.1, 0.15) is 6.10 Å². The SMILES string of the molecule is [2H]CC(=O)O[C@H]1[C@H](OC(=O)C[2H])[C@H](OC(=O)C[2H])C(CCCCCCCl)(OC(=O)C[2H])O[C@@H]1CO. The molecule has 10 nitrogen and oxygen atoms in total. The fourth-order valence-electron chi connectivity index (χ4n) is 3.39. The van der Waals surface area contributed by atoms with Gasteiger partial charge in [0.2, 0.25) is 6.10 Å². The van der Waals surface area contributed by atoms with Crippen LogP contribution < -0.4 is 0 Å². The van der Waals surface area contributed by atoms with Gasteiger partial charge in [0.15, 0.2) is 12.2 Å². The fraction of sp³-hybridized carbons (Fsp3) is 0.800. The number of carbonyl (C=O) groups excluding carboxylic acids is 4. The molecule has 0 aliphatic carbocycles. The molecule has 1 saturated heterocycles. The van der Waals surface area contributed by atoms with Crippen LogP contribution in [0.3, 0.4) is 0 Å². The van der Waals surface area contributed by atoms with Crippen molar-refractivity contribution in [1.82, 2.24) is 0 Å². The van der Waals surface area contributed by atoms with Crippen molar-refractivity contribution in [2.75, 3.05) is 12.5 Å². The van der Waals surface area contributed by atoms with Crippen molar-refractivity contribution < 1.29 is 53.5 Å². The van der Waals surface area contributed by atoms with Crippen LogP contribution in [0.2, 0.25) is 0 Å². The average Bonchev–Trinajstić information content (AvgIpc) is 2.86. The number of carbonyl (C=O) groups is 4. The lowest BCUT2D eigenvalue weighted by Gasteiger charge is -2.50. The zero-order chi connectivity index (χ0) is 26.4. The van der Waals surface area contributed by atoms with Crippen molar-refractivity contribution in [2.24, 2.45) is 0 Å². The highest BCUT2D eigenvalue weighted by atomic mass is 35.5. The largest absolute Gasteiger partial charge is 0.456 e. The topological polar surface area (TPSA) is 135 Å². The predicted molar refractivity (Wildman–Crippen MR) is 107 cm³/mol. The Balaban J connectivity index is 3.57. The van der Waals surface area contributed by atoms with Crippen LogP contribution in [0, 0.1) is 0 Å². The van der Waals surface area contributed by atoms with E-state index >= 15 is 0 Å². The molecule has 11 heteroatoms. The van der Waals surface area contributed by atoms with Gasteiger partial charge in [-0.25, -0.2) is 0 Å². The average molecular weight is 471 g/mol. The lowest BCUT2D eigenvalue weighted by molar-refractivity contribution is -0.355. The molecule has 0 saturated carbocycles. The van der Waals surface area contributed by atoms with Crippen LogP contribution in [0.5, 0.6) is 0 Å². The van der Waals surface area contributed by atoms with Gasteiger partial charge in [-0.15, -0.1) is 11.6 Å². The zero-order valence-electron chi connectivity index (χ0n) is 21.1. The predicted octanol–water partition coefficient (Wildman–Crippen LogP) is 1.62. The summed E-state index contributed by atoms with van der Waals surface area (Å²) in [6.45, 7) is -4.22. The fourth-order valence-corrected chi connectivity index (χ4v) is 3.57. The Kier molecular flexibility index (Phi) is 8.67. The minimum atomic E-state index is -2.17. The number of aliphatic hydroxyl groups is 1. The first-order chi connectivity index (χ1) is 16.7. The molecule has 0 radical (unpaired) electrons. The molecule has 1 aliphatic heterocycles. The number of alkyl halides is 1. The summed E-state index contributed by atoms with van der Waals surface area (Å²) in [5, 5.41) is 9.96. The van der Waals surface area contributed by atoms with Crippen molar-refractivity contribution in [1.29, 1.82) is 0 Å². The number of hydrogen-bond donors (Lipinski definition) is 1. The van der Waals surface area contributed by atoms with E-state index in [0.717, 1.165) is 0 Å². The molecular weight excluding hydrogens is 436 g/mol. The van der Waals surface area contributed by atoms with Gasteiger partial charge >= 0.3 is 23.9 Å². The molecule has 0 aromatic heterocycles. The van der Waals surface area contributed by atoms with Gasteiger partial charge in [-0.05, 0) is 12.8 Å². The Morgan fingerprint density at radius 2 is 1.48 bits per heavy atom. The number of aliphatic hydroxyl groups excluding tert-OH is 1. The Bertz CT molecular complexity index is 715. The maximum absolute atomic E-state index is 12.2. The van der Waals surface area contributed by atoms with Gasteiger partial charge in [0.05, 0.1) is 6.61 Å². The second kappa shape index (κ2) is 12.8. The summed E-state index contributed by atoms with van der Waals surface area (Å²) in [7, 11) is 0. The summed E-state index contributed by atoms with van der Waals surface area (Å²) in [5.41, 5.74) is 0. The summed E-state index contributed by atoms with van der Waals surface area (Å²) in [6, 6.07) is 0. The highest BCUT2D eigenvalue weighted by molar-refractivity contribution is 6.17. The number of unbranched alkanes of at least 4 members (excludes halogenated alkanes) is 3. The van der Waals surface area contributed by atoms with Crippen molar-refractivity contribution >= 4 is 35.5 Å². The summed E-state index contributed by atoms with van der Waals surface area (Å²) in [4.78, 5) is 48.3. The van der Waals surface area contributed by atoms with E-state index in [2.05, 4.69) is 0 Å². The second-order valence-electron chi connectivity index (χ2n) is 6.80. The van der Waals surface area contributed by atoms with E-state index < -0.39 is 88.3 Å². The first-order valence-electron chi connectivity index (χ1n) is 12.4. The van der Waals surface area contributed by atoms with Crippen LogP contribution in [0.4, 0.5) is 0 Å². The minimum absolute atomic E-state index is 0.137. The minimum Gasteiger partial charge on any atom is -0.456 e. The highest BCUT2D eigenvalue weighted by Gasteiger charge is 2.61. The Hall–Kier alpha value is -1.91. The Labute approximate surface area is 192 Å². The molecule has 1 rings (SSSR count). The lowest BCUT2D eigenvalue weighted by atomic mass is 9.88. The molecule has 5 atom stereocenters. The van der Waals surface area contributed by atoms with Gasteiger partial charge in [-0.1, -0.05) is 12.8 Å². The van der Waals surface area contributed by atoms with Gasteiger partial charge in [0.25, 0.3) is 5.79 Å². The summed E-state index contributed by atoms with van der Waals surface area (Å²) >= 11 is 5.69. The summed E-state index contributed by atoms with van der Waals surface area (Å²) in [5.74, 6) is -6.14. The molecule has 0 spiro atoms. The van der Waals surface area contributed by atoms with E-state index in [1.165, 1.54) is 0 Å². The molecule has 0 aromatic carbocycles. The maximum atomic E-state index is 12.2. The third-order valence-corrected chi connectivity index (χ3v) is 4.71. The van der Waals surface area contributed by atoms with Gasteiger partial charge in [-0.3, -0.25) is 19.2 Å². The van der Waals surface area contributed by atoms with Crippen LogP contribution in [-0.2, 0) is 42.9 Å². The molecule has 178 valence electrons. The molecular formula is C20H31ClO10. The molecule has 1 aliphatic rings. The Morgan fingerprint density at radius 1 is 0.903 bits per heavy atom. The summed E-state index contributed by atoms with van der Waals surface area (Å²) in [6.07, 6.45) is -4.38. The number of hydrogen-bond acceptors (Lipinski definition) is 10. The van der Waals surface area contributed by atoms with Crippen molar-refractivity contribution in [3.63, 3.8) is 0 Å². The monoisotopic (exact) mass is 470 g/mol. The molecule has 1 unspecified atom stereocenters. The number of rotatable bonds is 11. The molecule has 1 N–H and O–H groups in total. The maximum Gasteiger partial charge on any atom is 0.305 e. The third kappa shape index (κ3) is 8.27. The van der Waals surface area contributed by atoms with Gasteiger partial charge in [-0.2, -0.15) is 0 Å². The summed E-state index contributed by atoms with van der Waals surface area (Å²) < 4.78 is 56.1. The Morgan fingerprint density at radius 3 is 2.06 bits per heavy atom. The van der Waals surface area contributed by atoms with E-state index in [9.17, 15) is 24.3 Å². The first kappa shape index (κ1) is 21.0. The highest BCUT2D eigenvalue weighted by Crippen LogP contribution is 2.40. The standard InChI is InChI=1S/C20H31ClO10/c1-12(23)27-17-16(11-22)31-20(30-15(4)26,9-7-5-6-8-10-21)19(29-14(3)25)18(17)28-13(2)24/h16-19,22H,5-11H2,1-4H3/t16-,17-,18+,19+,20?/m1/s1/i1D,2D,3D,4D. The van der Waals surface area contributed by atoms with E-state index in [1.54, 1.807) is 0 Å². The van der Waals surface area contributed by atoms with Crippen LogP contribution in [0.15, 0.2) is 0 Å². The van der Waals surface area contributed by atoms with Crippen molar-refractivity contribution in [3.8, 4) is 0 Å². The van der Waals surface area contributed by atoms with E-state index in [4.69, 9.17) is 40.8 Å². The van der Waals surface area contributed by atoms with Crippen LogP contribution >= 0.6 is 11.6 Å². The van der Waals surface area contributed by atoms with E-state index in [0.29, 0.717) is 31.6 Å². The number of ether oxygens (including phenoxy) is 5. The molecule has 0 aromatic rings. The quantitative estimate of drug-likeness (QED) is 0.205. The molecule has 1 heterocycles. The van der Waals surface area contributed by atoms with Crippen LogP contribution in [-0.4, -0.2) is 71.7 Å². The van der Waals surface area contributed by atoms with E-state index in [-0.39, 0.29) is 6.42 Å². The molecule has 0 amide bonds. The first-order valence-corrected chi connectivity index (χ1v) is 10.1. The third-order valence-electron chi connectivity index (χ3n) is 4.44.